The zero-order valence-electron chi connectivity index (χ0n) is 19.6. The number of methoxy groups -OCH3 is 1. The zero-order chi connectivity index (χ0) is 21.7. The maximum atomic E-state index is 13.0. The summed E-state index contributed by atoms with van der Waals surface area (Å²) < 4.78 is 6.04. The predicted molar refractivity (Wildman–Crippen MR) is 123 cm³/mol. The minimum Gasteiger partial charge on any atom is -0.496 e. The van der Waals surface area contributed by atoms with Crippen LogP contribution in [-0.4, -0.2) is 12.9 Å². The number of ether oxygens (including phenoxy) is 1. The standard InChI is InChI=1S/C27H36O2/c1-15(2)18-11-19(16(3)4)13-20(12-18)24-21-10-17(5)25(28)22(21)14-23(26(24)29-9)27(6,7)8/h11-17H,10H2,1-9H3/t17-/m0/s1. The summed E-state index contributed by atoms with van der Waals surface area (Å²) in [5, 5.41) is 0. The van der Waals surface area contributed by atoms with Crippen LogP contribution in [0.5, 0.6) is 5.75 Å². The summed E-state index contributed by atoms with van der Waals surface area (Å²) in [4.78, 5) is 13.0. The predicted octanol–water partition coefficient (Wildman–Crippen LogP) is 7.28. The number of hydrogen-bond acceptors (Lipinski definition) is 2. The molecule has 0 saturated heterocycles. The van der Waals surface area contributed by atoms with Crippen LogP contribution in [0, 0.1) is 5.92 Å². The molecule has 0 radical (unpaired) electrons. The molecule has 0 saturated carbocycles. The Morgan fingerprint density at radius 3 is 1.97 bits per heavy atom. The molecule has 2 nitrogen and oxygen atoms in total. The van der Waals surface area contributed by atoms with E-state index in [1.54, 1.807) is 7.11 Å². The van der Waals surface area contributed by atoms with Crippen LogP contribution in [0.1, 0.15) is 99.8 Å². The lowest BCUT2D eigenvalue weighted by molar-refractivity contribution is 0.0946. The quantitative estimate of drug-likeness (QED) is 0.546. The molecule has 1 aliphatic carbocycles. The van der Waals surface area contributed by atoms with Crippen molar-refractivity contribution >= 4 is 5.78 Å². The molecule has 0 fully saturated rings. The fourth-order valence-electron chi connectivity index (χ4n) is 4.36. The van der Waals surface area contributed by atoms with Gasteiger partial charge in [0, 0.05) is 22.6 Å². The van der Waals surface area contributed by atoms with Crippen LogP contribution in [0.2, 0.25) is 0 Å². The molecule has 1 aliphatic rings. The smallest absolute Gasteiger partial charge is 0.166 e. The summed E-state index contributed by atoms with van der Waals surface area (Å²) in [6.45, 7) is 17.6. The van der Waals surface area contributed by atoms with Gasteiger partial charge in [0.1, 0.15) is 5.75 Å². The van der Waals surface area contributed by atoms with E-state index in [0.717, 1.165) is 34.4 Å². The van der Waals surface area contributed by atoms with Crippen molar-refractivity contribution in [2.45, 2.75) is 79.1 Å². The third kappa shape index (κ3) is 3.86. The Labute approximate surface area is 176 Å². The molecule has 2 heteroatoms. The van der Waals surface area contributed by atoms with Gasteiger partial charge in [0.05, 0.1) is 7.11 Å². The Morgan fingerprint density at radius 2 is 1.52 bits per heavy atom. The maximum Gasteiger partial charge on any atom is 0.166 e. The van der Waals surface area contributed by atoms with E-state index in [4.69, 9.17) is 4.74 Å². The van der Waals surface area contributed by atoms with Crippen molar-refractivity contribution in [3.8, 4) is 16.9 Å². The Morgan fingerprint density at radius 1 is 0.966 bits per heavy atom. The molecule has 0 amide bonds. The molecule has 0 unspecified atom stereocenters. The Kier molecular flexibility index (Phi) is 5.69. The van der Waals surface area contributed by atoms with Crippen molar-refractivity contribution in [1.29, 1.82) is 0 Å². The molecule has 1 atom stereocenters. The normalized spacial score (nSPS) is 16.7. The van der Waals surface area contributed by atoms with Crippen molar-refractivity contribution in [2.24, 2.45) is 5.92 Å². The van der Waals surface area contributed by atoms with Crippen LogP contribution < -0.4 is 4.74 Å². The molecular formula is C27H36O2. The van der Waals surface area contributed by atoms with Gasteiger partial charge in [-0.1, -0.05) is 73.6 Å². The van der Waals surface area contributed by atoms with Gasteiger partial charge in [0.15, 0.2) is 5.78 Å². The van der Waals surface area contributed by atoms with Crippen molar-refractivity contribution in [3.63, 3.8) is 0 Å². The van der Waals surface area contributed by atoms with Crippen molar-refractivity contribution < 1.29 is 9.53 Å². The molecule has 2 aromatic carbocycles. The Hall–Kier alpha value is -2.09. The molecule has 0 heterocycles. The largest absolute Gasteiger partial charge is 0.496 e. The Bertz CT molecular complexity index is 916. The second-order valence-electron chi connectivity index (χ2n) is 10.3. The van der Waals surface area contributed by atoms with E-state index in [0.29, 0.717) is 11.8 Å². The van der Waals surface area contributed by atoms with Crippen LogP contribution in [0.15, 0.2) is 24.3 Å². The summed E-state index contributed by atoms with van der Waals surface area (Å²) in [5.41, 5.74) is 8.01. The van der Waals surface area contributed by atoms with Crippen molar-refractivity contribution in [2.75, 3.05) is 7.11 Å². The summed E-state index contributed by atoms with van der Waals surface area (Å²) in [5.74, 6) is 2.10. The highest BCUT2D eigenvalue weighted by atomic mass is 16.5. The average Bonchev–Trinajstić information content (AvgIpc) is 2.92. The minimum atomic E-state index is -0.113. The molecule has 3 rings (SSSR count). The number of Topliss-reactive ketones (excluding diaryl/α,β-unsaturated/α-hetero) is 1. The van der Waals surface area contributed by atoms with Crippen LogP contribution in [0.25, 0.3) is 11.1 Å². The summed E-state index contributed by atoms with van der Waals surface area (Å²) in [7, 11) is 1.76. The van der Waals surface area contributed by atoms with Gasteiger partial charge in [-0.25, -0.2) is 0 Å². The van der Waals surface area contributed by atoms with E-state index in [1.807, 2.05) is 6.92 Å². The number of rotatable bonds is 4. The first kappa shape index (κ1) is 21.6. The van der Waals surface area contributed by atoms with Crippen molar-refractivity contribution in [1.82, 2.24) is 0 Å². The lowest BCUT2D eigenvalue weighted by atomic mass is 9.80. The topological polar surface area (TPSA) is 26.3 Å². The zero-order valence-corrected chi connectivity index (χ0v) is 19.6. The van der Waals surface area contributed by atoms with Gasteiger partial charge in [-0.05, 0) is 52.0 Å². The minimum absolute atomic E-state index is 0.0292. The lowest BCUT2D eigenvalue weighted by Crippen LogP contribution is -2.15. The first-order valence-corrected chi connectivity index (χ1v) is 10.9. The molecule has 0 N–H and O–H groups in total. The molecule has 2 aromatic rings. The molecule has 0 spiro atoms. The van der Waals surface area contributed by atoms with Gasteiger partial charge in [-0.2, -0.15) is 0 Å². The van der Waals surface area contributed by atoms with E-state index in [1.165, 1.54) is 16.7 Å². The van der Waals surface area contributed by atoms with Gasteiger partial charge in [0.2, 0.25) is 0 Å². The Balaban J connectivity index is 2.42. The van der Waals surface area contributed by atoms with Gasteiger partial charge in [-0.3, -0.25) is 4.79 Å². The summed E-state index contributed by atoms with van der Waals surface area (Å²) >= 11 is 0. The molecule has 0 aromatic heterocycles. The summed E-state index contributed by atoms with van der Waals surface area (Å²) in [6.07, 6.45) is 0.785. The summed E-state index contributed by atoms with van der Waals surface area (Å²) in [6, 6.07) is 9.02. The monoisotopic (exact) mass is 392 g/mol. The first-order valence-electron chi connectivity index (χ1n) is 10.9. The molecular weight excluding hydrogens is 356 g/mol. The number of carbonyl (C=O) groups excluding carboxylic acids is 1. The third-order valence-corrected chi connectivity index (χ3v) is 6.22. The first-order chi connectivity index (χ1) is 13.5. The van der Waals surface area contributed by atoms with E-state index in [9.17, 15) is 4.79 Å². The van der Waals surface area contributed by atoms with E-state index < -0.39 is 0 Å². The fraction of sp³-hybridized carbons (Fsp3) is 0.519. The SMILES string of the molecule is COc1c(C(C)(C)C)cc2c(c1-c1cc(C(C)C)cc(C(C)C)c1)C[C@H](C)C2=O. The number of hydrogen-bond donors (Lipinski definition) is 0. The molecule has 29 heavy (non-hydrogen) atoms. The fourth-order valence-corrected chi connectivity index (χ4v) is 4.36. The molecule has 0 aliphatic heterocycles. The van der Waals surface area contributed by atoms with E-state index in [2.05, 4.69) is 72.7 Å². The average molecular weight is 393 g/mol. The van der Waals surface area contributed by atoms with Gasteiger partial charge in [0.25, 0.3) is 0 Å². The van der Waals surface area contributed by atoms with Crippen LogP contribution in [-0.2, 0) is 11.8 Å². The number of benzene rings is 2. The molecule has 156 valence electrons. The number of carbonyl (C=O) groups is 1. The highest BCUT2D eigenvalue weighted by molar-refractivity contribution is 6.05. The highest BCUT2D eigenvalue weighted by Gasteiger charge is 2.35. The second-order valence-corrected chi connectivity index (χ2v) is 10.3. The van der Waals surface area contributed by atoms with Crippen LogP contribution in [0.3, 0.4) is 0 Å². The third-order valence-electron chi connectivity index (χ3n) is 6.22. The van der Waals surface area contributed by atoms with Gasteiger partial charge < -0.3 is 4.74 Å². The maximum absolute atomic E-state index is 13.0. The van der Waals surface area contributed by atoms with Crippen LogP contribution >= 0.6 is 0 Å². The number of fused-ring (bicyclic) bond motifs is 1. The number of ketones is 1. The van der Waals surface area contributed by atoms with E-state index in [-0.39, 0.29) is 17.1 Å². The van der Waals surface area contributed by atoms with Gasteiger partial charge >= 0.3 is 0 Å². The highest BCUT2D eigenvalue weighted by Crippen LogP contribution is 2.47. The van der Waals surface area contributed by atoms with Gasteiger partial charge in [-0.15, -0.1) is 0 Å². The van der Waals surface area contributed by atoms with Crippen LogP contribution in [0.4, 0.5) is 0 Å². The lowest BCUT2D eigenvalue weighted by Gasteiger charge is -2.27. The second kappa shape index (κ2) is 7.63. The van der Waals surface area contributed by atoms with Crippen molar-refractivity contribution in [3.05, 3.63) is 52.1 Å². The van der Waals surface area contributed by atoms with E-state index >= 15 is 0 Å². The molecule has 0 bridgehead atoms.